The number of aromatic nitrogens is 2. The normalized spacial score (nSPS) is 16.0. The lowest BCUT2D eigenvalue weighted by atomic mass is 10.1. The predicted octanol–water partition coefficient (Wildman–Crippen LogP) is 6.18. The second kappa shape index (κ2) is 9.79. The number of hydrogen-bond donors (Lipinski definition) is 0. The Morgan fingerprint density at radius 2 is 1.79 bits per heavy atom. The SMILES string of the molecule is O=C1CC(c2nc3ccccc3n2CCCCOc2ccccc2)CN1c1cccc(Br)c1. The molecule has 1 unspecified atom stereocenters. The molecular weight excluding hydrogens is 478 g/mol. The monoisotopic (exact) mass is 503 g/mol. The van der Waals surface area contributed by atoms with Crippen molar-refractivity contribution in [1.82, 2.24) is 9.55 Å². The van der Waals surface area contributed by atoms with Gasteiger partial charge in [-0.25, -0.2) is 4.98 Å². The van der Waals surface area contributed by atoms with Gasteiger partial charge >= 0.3 is 0 Å². The third-order valence-corrected chi connectivity index (χ3v) is 6.58. The first-order chi connectivity index (χ1) is 16.2. The van der Waals surface area contributed by atoms with Gasteiger partial charge in [-0.3, -0.25) is 4.79 Å². The minimum absolute atomic E-state index is 0.0736. The standard InChI is InChI=1S/C27H26BrN3O2/c28-21-9-8-10-22(18-21)31-19-20(17-26(31)32)27-29-24-13-4-5-14-25(24)30(27)15-6-7-16-33-23-11-2-1-3-12-23/h1-5,8-14,18,20H,6-7,15-17,19H2. The first-order valence-electron chi connectivity index (χ1n) is 11.4. The molecule has 5 rings (SSSR count). The number of carbonyl (C=O) groups is 1. The lowest BCUT2D eigenvalue weighted by molar-refractivity contribution is -0.117. The quantitative estimate of drug-likeness (QED) is 0.269. The van der Waals surface area contributed by atoms with Crippen LogP contribution in [0.1, 0.15) is 31.0 Å². The van der Waals surface area contributed by atoms with E-state index >= 15 is 0 Å². The molecule has 1 aliphatic heterocycles. The molecule has 5 nitrogen and oxygen atoms in total. The average molecular weight is 504 g/mol. The van der Waals surface area contributed by atoms with Crippen molar-refractivity contribution in [1.29, 1.82) is 0 Å². The molecule has 6 heteroatoms. The molecule has 0 radical (unpaired) electrons. The molecule has 1 atom stereocenters. The maximum atomic E-state index is 12.9. The Hall–Kier alpha value is -3.12. The predicted molar refractivity (Wildman–Crippen MR) is 135 cm³/mol. The maximum Gasteiger partial charge on any atom is 0.227 e. The highest BCUT2D eigenvalue weighted by Gasteiger charge is 2.34. The van der Waals surface area contributed by atoms with Crippen molar-refractivity contribution in [2.45, 2.75) is 31.7 Å². The maximum absolute atomic E-state index is 12.9. The van der Waals surface area contributed by atoms with Gasteiger partial charge in [-0.15, -0.1) is 0 Å². The number of nitrogens with zero attached hydrogens (tertiary/aromatic N) is 3. The first kappa shape index (κ1) is 21.7. The summed E-state index contributed by atoms with van der Waals surface area (Å²) in [5.74, 6) is 2.13. The van der Waals surface area contributed by atoms with Gasteiger partial charge in [0.05, 0.1) is 17.6 Å². The highest BCUT2D eigenvalue weighted by atomic mass is 79.9. The third kappa shape index (κ3) is 4.81. The minimum atomic E-state index is 0.0736. The molecule has 2 heterocycles. The summed E-state index contributed by atoms with van der Waals surface area (Å²) >= 11 is 3.52. The van der Waals surface area contributed by atoms with Crippen molar-refractivity contribution >= 4 is 38.6 Å². The smallest absolute Gasteiger partial charge is 0.227 e. The van der Waals surface area contributed by atoms with Gasteiger partial charge in [0.15, 0.2) is 0 Å². The minimum Gasteiger partial charge on any atom is -0.494 e. The van der Waals surface area contributed by atoms with Crippen LogP contribution in [0.4, 0.5) is 5.69 Å². The molecule has 0 saturated carbocycles. The van der Waals surface area contributed by atoms with E-state index in [1.54, 1.807) is 0 Å². The van der Waals surface area contributed by atoms with Crippen LogP contribution in [-0.2, 0) is 11.3 Å². The van der Waals surface area contributed by atoms with E-state index in [0.29, 0.717) is 19.6 Å². The Morgan fingerprint density at radius 1 is 0.970 bits per heavy atom. The topological polar surface area (TPSA) is 47.4 Å². The number of unbranched alkanes of at least 4 members (excludes halogenated alkanes) is 1. The van der Waals surface area contributed by atoms with Crippen LogP contribution in [0.3, 0.4) is 0 Å². The Balaban J connectivity index is 1.31. The molecule has 0 N–H and O–H groups in total. The zero-order valence-corrected chi connectivity index (χ0v) is 19.9. The third-order valence-electron chi connectivity index (χ3n) is 6.08. The van der Waals surface area contributed by atoms with Gasteiger partial charge in [-0.1, -0.05) is 52.3 Å². The summed E-state index contributed by atoms with van der Waals surface area (Å²) in [6.45, 7) is 2.19. The number of fused-ring (bicyclic) bond motifs is 1. The van der Waals surface area contributed by atoms with Crippen LogP contribution in [0.15, 0.2) is 83.3 Å². The summed E-state index contributed by atoms with van der Waals surface area (Å²) in [4.78, 5) is 19.7. The molecule has 1 amide bonds. The molecule has 4 aromatic rings. The van der Waals surface area contributed by atoms with Crippen molar-refractivity contribution in [3.63, 3.8) is 0 Å². The molecular formula is C27H26BrN3O2. The molecule has 0 spiro atoms. The van der Waals surface area contributed by atoms with E-state index in [1.165, 1.54) is 0 Å². The van der Waals surface area contributed by atoms with Crippen molar-refractivity contribution in [2.24, 2.45) is 0 Å². The second-order valence-corrected chi connectivity index (χ2v) is 9.28. The van der Waals surface area contributed by atoms with E-state index < -0.39 is 0 Å². The highest BCUT2D eigenvalue weighted by Crippen LogP contribution is 2.34. The van der Waals surface area contributed by atoms with E-state index in [1.807, 2.05) is 65.6 Å². The Morgan fingerprint density at radius 3 is 2.64 bits per heavy atom. The van der Waals surface area contributed by atoms with Gasteiger partial charge in [0.1, 0.15) is 11.6 Å². The molecule has 1 aliphatic rings. The molecule has 33 heavy (non-hydrogen) atoms. The summed E-state index contributed by atoms with van der Waals surface area (Å²) in [5.41, 5.74) is 3.05. The fraction of sp³-hybridized carbons (Fsp3) is 0.259. The molecule has 3 aromatic carbocycles. The van der Waals surface area contributed by atoms with Crippen LogP contribution in [-0.4, -0.2) is 28.6 Å². The molecule has 0 bridgehead atoms. The molecule has 1 aromatic heterocycles. The number of amides is 1. The van der Waals surface area contributed by atoms with Crippen LogP contribution >= 0.6 is 15.9 Å². The number of hydrogen-bond acceptors (Lipinski definition) is 3. The van der Waals surface area contributed by atoms with E-state index in [4.69, 9.17) is 9.72 Å². The number of rotatable bonds is 8. The summed E-state index contributed by atoms with van der Waals surface area (Å²) in [6, 6.07) is 26.1. The molecule has 1 fully saturated rings. The number of carbonyl (C=O) groups excluding carboxylic acids is 1. The molecule has 1 saturated heterocycles. The van der Waals surface area contributed by atoms with Crippen LogP contribution in [0.25, 0.3) is 11.0 Å². The largest absolute Gasteiger partial charge is 0.494 e. The molecule has 0 aliphatic carbocycles. The van der Waals surface area contributed by atoms with Gasteiger partial charge < -0.3 is 14.2 Å². The first-order valence-corrected chi connectivity index (χ1v) is 12.2. The lowest BCUT2D eigenvalue weighted by Gasteiger charge is -2.18. The Labute approximate surface area is 202 Å². The zero-order chi connectivity index (χ0) is 22.6. The van der Waals surface area contributed by atoms with Crippen molar-refractivity contribution in [3.8, 4) is 5.75 Å². The van der Waals surface area contributed by atoms with E-state index in [2.05, 4.69) is 38.7 Å². The highest BCUT2D eigenvalue weighted by molar-refractivity contribution is 9.10. The second-order valence-electron chi connectivity index (χ2n) is 8.36. The van der Waals surface area contributed by atoms with Crippen molar-refractivity contribution in [2.75, 3.05) is 18.1 Å². The van der Waals surface area contributed by atoms with Gasteiger partial charge in [0, 0.05) is 35.6 Å². The van der Waals surface area contributed by atoms with E-state index in [-0.39, 0.29) is 11.8 Å². The van der Waals surface area contributed by atoms with Crippen molar-refractivity contribution < 1.29 is 9.53 Å². The summed E-state index contributed by atoms with van der Waals surface area (Å²) in [5, 5.41) is 0. The zero-order valence-electron chi connectivity index (χ0n) is 18.4. The summed E-state index contributed by atoms with van der Waals surface area (Å²) in [6.07, 6.45) is 2.41. The number of benzene rings is 3. The Kier molecular flexibility index (Phi) is 6.44. The van der Waals surface area contributed by atoms with Crippen LogP contribution in [0, 0.1) is 0 Å². The number of ether oxygens (including phenoxy) is 1. The number of aryl methyl sites for hydroxylation is 1. The average Bonchev–Trinajstić information content (AvgIpc) is 3.40. The summed E-state index contributed by atoms with van der Waals surface area (Å²) in [7, 11) is 0. The van der Waals surface area contributed by atoms with Crippen molar-refractivity contribution in [3.05, 3.63) is 89.2 Å². The number of anilines is 1. The fourth-order valence-corrected chi connectivity index (χ4v) is 4.88. The Bertz CT molecular complexity index is 1250. The number of imidazole rings is 1. The number of para-hydroxylation sites is 3. The van der Waals surface area contributed by atoms with Gasteiger partial charge in [0.2, 0.25) is 5.91 Å². The van der Waals surface area contributed by atoms with Gasteiger partial charge in [0.25, 0.3) is 0 Å². The lowest BCUT2D eigenvalue weighted by Crippen LogP contribution is -2.24. The van der Waals surface area contributed by atoms with Gasteiger partial charge in [-0.05, 0) is 55.3 Å². The van der Waals surface area contributed by atoms with Crippen LogP contribution in [0.2, 0.25) is 0 Å². The summed E-state index contributed by atoms with van der Waals surface area (Å²) < 4.78 is 9.13. The molecule has 168 valence electrons. The fourth-order valence-electron chi connectivity index (χ4n) is 4.49. The van der Waals surface area contributed by atoms with Gasteiger partial charge in [-0.2, -0.15) is 0 Å². The van der Waals surface area contributed by atoms with E-state index in [0.717, 1.165) is 52.2 Å². The van der Waals surface area contributed by atoms with Crippen LogP contribution < -0.4 is 9.64 Å². The van der Waals surface area contributed by atoms with E-state index in [9.17, 15) is 4.79 Å². The van der Waals surface area contributed by atoms with Crippen LogP contribution in [0.5, 0.6) is 5.75 Å². The number of halogens is 1.